The molecule has 0 aliphatic heterocycles. The molecule has 5 heteroatoms. The van der Waals surface area contributed by atoms with Crippen LogP contribution in [0.2, 0.25) is 0 Å². The first-order valence-electron chi connectivity index (χ1n) is 4.45. The lowest BCUT2D eigenvalue weighted by Crippen LogP contribution is -2.49. The summed E-state index contributed by atoms with van der Waals surface area (Å²) in [6, 6.07) is 0. The highest BCUT2D eigenvalue weighted by Crippen LogP contribution is 2.02. The van der Waals surface area contributed by atoms with Crippen molar-refractivity contribution in [2.45, 2.75) is 19.4 Å². The molecule has 0 fully saturated rings. The number of carbonyl (C=O) groups excluding carboxylic acids is 1. The summed E-state index contributed by atoms with van der Waals surface area (Å²) in [7, 11) is 1.78. The van der Waals surface area contributed by atoms with E-state index in [2.05, 4.69) is 10.3 Å². The van der Waals surface area contributed by atoms with Gasteiger partial charge in [0.05, 0.1) is 12.5 Å². The van der Waals surface area contributed by atoms with E-state index in [0.717, 1.165) is 0 Å². The molecule has 1 heterocycles. The molecule has 5 nitrogen and oxygen atoms in total. The van der Waals surface area contributed by atoms with Crippen molar-refractivity contribution in [1.29, 1.82) is 0 Å². The number of aromatic nitrogens is 2. The van der Waals surface area contributed by atoms with Crippen LogP contribution < -0.4 is 11.1 Å². The van der Waals surface area contributed by atoms with Crippen molar-refractivity contribution in [3.8, 4) is 0 Å². The van der Waals surface area contributed by atoms with Crippen LogP contribution in [0, 0.1) is 0 Å². The number of nitrogens with one attached hydrogen (secondary N) is 1. The maximum atomic E-state index is 11.7. The van der Waals surface area contributed by atoms with Gasteiger partial charge in [-0.3, -0.25) is 4.79 Å². The third-order valence-corrected chi connectivity index (χ3v) is 2.01. The lowest BCUT2D eigenvalue weighted by molar-refractivity contribution is 0.0907. The van der Waals surface area contributed by atoms with Gasteiger partial charge in [-0.2, -0.15) is 0 Å². The monoisotopic (exact) mass is 196 g/mol. The predicted octanol–water partition coefficient (Wildman–Crippen LogP) is -0.113. The van der Waals surface area contributed by atoms with Crippen molar-refractivity contribution in [2.75, 3.05) is 6.54 Å². The molecule has 78 valence electrons. The Hall–Kier alpha value is -1.36. The normalized spacial score (nSPS) is 11.4. The average molecular weight is 196 g/mol. The summed E-state index contributed by atoms with van der Waals surface area (Å²) in [6.45, 7) is 4.15. The van der Waals surface area contributed by atoms with E-state index in [1.54, 1.807) is 17.9 Å². The van der Waals surface area contributed by atoms with Crippen LogP contribution in [0.4, 0.5) is 0 Å². The van der Waals surface area contributed by atoms with Gasteiger partial charge in [-0.25, -0.2) is 4.98 Å². The zero-order valence-corrected chi connectivity index (χ0v) is 8.74. The van der Waals surface area contributed by atoms with E-state index in [1.165, 1.54) is 6.20 Å². The fourth-order valence-electron chi connectivity index (χ4n) is 0.998. The summed E-state index contributed by atoms with van der Waals surface area (Å²) in [5.74, 6) is -0.152. The minimum absolute atomic E-state index is 0.152. The Morgan fingerprint density at radius 1 is 1.71 bits per heavy atom. The third kappa shape index (κ3) is 2.32. The summed E-state index contributed by atoms with van der Waals surface area (Å²) in [4.78, 5) is 15.5. The second kappa shape index (κ2) is 3.79. The molecule has 0 aliphatic rings. The number of hydrogen-bond donors (Lipinski definition) is 2. The standard InChI is InChI=1S/C9H16N4O/c1-9(2,5-10)12-8(14)7-4-11-6-13(7)3/h4,6H,5,10H2,1-3H3,(H,12,14). The number of rotatable bonds is 3. The van der Waals surface area contributed by atoms with Gasteiger partial charge in [0.25, 0.3) is 5.91 Å². The Kier molecular flexibility index (Phi) is 2.90. The number of imidazole rings is 1. The first kappa shape index (κ1) is 10.7. The summed E-state index contributed by atoms with van der Waals surface area (Å²) in [6.07, 6.45) is 3.12. The summed E-state index contributed by atoms with van der Waals surface area (Å²) >= 11 is 0. The molecule has 0 unspecified atom stereocenters. The number of nitrogens with zero attached hydrogens (tertiary/aromatic N) is 2. The smallest absolute Gasteiger partial charge is 0.270 e. The molecule has 0 bridgehead atoms. The van der Waals surface area contributed by atoms with Gasteiger partial charge >= 0.3 is 0 Å². The van der Waals surface area contributed by atoms with E-state index >= 15 is 0 Å². The van der Waals surface area contributed by atoms with Gasteiger partial charge in [0.2, 0.25) is 0 Å². The Bertz CT molecular complexity index is 329. The minimum Gasteiger partial charge on any atom is -0.345 e. The zero-order chi connectivity index (χ0) is 10.8. The fourth-order valence-corrected chi connectivity index (χ4v) is 0.998. The van der Waals surface area contributed by atoms with Crippen LogP contribution in [0.15, 0.2) is 12.5 Å². The van der Waals surface area contributed by atoms with Gasteiger partial charge in [-0.05, 0) is 13.8 Å². The van der Waals surface area contributed by atoms with E-state index in [4.69, 9.17) is 5.73 Å². The van der Waals surface area contributed by atoms with Gasteiger partial charge in [-0.1, -0.05) is 0 Å². The molecule has 3 N–H and O–H groups in total. The Balaban J connectivity index is 2.73. The first-order valence-corrected chi connectivity index (χ1v) is 4.45. The Morgan fingerprint density at radius 3 is 2.79 bits per heavy atom. The maximum Gasteiger partial charge on any atom is 0.270 e. The fraction of sp³-hybridized carbons (Fsp3) is 0.556. The van der Waals surface area contributed by atoms with Crippen LogP contribution in [0.3, 0.4) is 0 Å². The van der Waals surface area contributed by atoms with Gasteiger partial charge in [0.1, 0.15) is 5.69 Å². The van der Waals surface area contributed by atoms with Gasteiger partial charge in [0.15, 0.2) is 0 Å². The topological polar surface area (TPSA) is 72.9 Å². The largest absolute Gasteiger partial charge is 0.345 e. The predicted molar refractivity (Wildman–Crippen MR) is 53.8 cm³/mol. The van der Waals surface area contributed by atoms with Gasteiger partial charge in [0, 0.05) is 19.1 Å². The first-order chi connectivity index (χ1) is 6.46. The summed E-state index contributed by atoms with van der Waals surface area (Å²) in [5.41, 5.74) is 5.66. The lowest BCUT2D eigenvalue weighted by atomic mass is 10.1. The summed E-state index contributed by atoms with van der Waals surface area (Å²) < 4.78 is 1.67. The van der Waals surface area contributed by atoms with E-state index in [-0.39, 0.29) is 11.4 Å². The number of carbonyl (C=O) groups is 1. The molecule has 1 aromatic rings. The molecule has 0 spiro atoms. The van der Waals surface area contributed by atoms with Crippen molar-refractivity contribution < 1.29 is 4.79 Å². The van der Waals surface area contributed by atoms with Crippen LogP contribution in [-0.2, 0) is 7.05 Å². The minimum atomic E-state index is -0.388. The van der Waals surface area contributed by atoms with Crippen LogP contribution in [0.25, 0.3) is 0 Å². The van der Waals surface area contributed by atoms with Crippen LogP contribution in [0.1, 0.15) is 24.3 Å². The van der Waals surface area contributed by atoms with Crippen molar-refractivity contribution >= 4 is 5.91 Å². The highest BCUT2D eigenvalue weighted by molar-refractivity contribution is 5.92. The molecule has 0 atom stereocenters. The molecular formula is C9H16N4O. The van der Waals surface area contributed by atoms with Gasteiger partial charge < -0.3 is 15.6 Å². The zero-order valence-electron chi connectivity index (χ0n) is 8.74. The van der Waals surface area contributed by atoms with Crippen LogP contribution in [0.5, 0.6) is 0 Å². The van der Waals surface area contributed by atoms with Crippen molar-refractivity contribution in [3.63, 3.8) is 0 Å². The average Bonchev–Trinajstić information content (AvgIpc) is 2.51. The second-order valence-electron chi connectivity index (χ2n) is 3.93. The SMILES string of the molecule is Cn1cncc1C(=O)NC(C)(C)CN. The highest BCUT2D eigenvalue weighted by Gasteiger charge is 2.20. The lowest BCUT2D eigenvalue weighted by Gasteiger charge is -2.23. The molecule has 1 aromatic heterocycles. The van der Waals surface area contributed by atoms with E-state index in [9.17, 15) is 4.79 Å². The van der Waals surface area contributed by atoms with Gasteiger partial charge in [-0.15, -0.1) is 0 Å². The molecule has 0 radical (unpaired) electrons. The Morgan fingerprint density at radius 2 is 2.36 bits per heavy atom. The van der Waals surface area contributed by atoms with Crippen molar-refractivity contribution in [1.82, 2.24) is 14.9 Å². The van der Waals surface area contributed by atoms with Crippen molar-refractivity contribution in [2.24, 2.45) is 12.8 Å². The van der Waals surface area contributed by atoms with Crippen LogP contribution >= 0.6 is 0 Å². The number of nitrogens with two attached hydrogens (primary N) is 1. The number of aryl methyl sites for hydroxylation is 1. The van der Waals surface area contributed by atoms with Crippen LogP contribution in [-0.4, -0.2) is 27.5 Å². The molecule has 0 aliphatic carbocycles. The number of amides is 1. The quantitative estimate of drug-likeness (QED) is 0.708. The second-order valence-corrected chi connectivity index (χ2v) is 3.93. The molecular weight excluding hydrogens is 180 g/mol. The molecule has 1 amide bonds. The summed E-state index contributed by atoms with van der Waals surface area (Å²) in [5, 5.41) is 2.82. The van der Waals surface area contributed by atoms with E-state index in [1.807, 2.05) is 13.8 Å². The third-order valence-electron chi connectivity index (χ3n) is 2.01. The molecule has 14 heavy (non-hydrogen) atoms. The molecule has 0 saturated carbocycles. The Labute approximate surface area is 83.3 Å². The van der Waals surface area contributed by atoms with E-state index < -0.39 is 0 Å². The highest BCUT2D eigenvalue weighted by atomic mass is 16.2. The molecule has 0 saturated heterocycles. The number of hydrogen-bond acceptors (Lipinski definition) is 3. The molecule has 1 rings (SSSR count). The maximum absolute atomic E-state index is 11.7. The van der Waals surface area contributed by atoms with E-state index in [0.29, 0.717) is 12.2 Å². The molecule has 0 aromatic carbocycles. The van der Waals surface area contributed by atoms with Crippen molar-refractivity contribution in [3.05, 3.63) is 18.2 Å².